The molecule has 1 aliphatic carbocycles. The van der Waals surface area contributed by atoms with Crippen molar-refractivity contribution in [1.29, 1.82) is 0 Å². The Bertz CT molecular complexity index is 401. The van der Waals surface area contributed by atoms with E-state index in [-0.39, 0.29) is 5.91 Å². The van der Waals surface area contributed by atoms with E-state index in [0.29, 0.717) is 5.41 Å². The van der Waals surface area contributed by atoms with Gasteiger partial charge in [-0.25, -0.2) is 0 Å². The Morgan fingerprint density at radius 1 is 1.53 bits per heavy atom. The number of nitrogens with one attached hydrogen (secondary N) is 1. The van der Waals surface area contributed by atoms with Crippen LogP contribution >= 0.6 is 43.2 Å². The van der Waals surface area contributed by atoms with Crippen LogP contribution in [0.25, 0.3) is 0 Å². The fourth-order valence-corrected chi connectivity index (χ4v) is 4.10. The molecular weight excluding hydrogens is 366 g/mol. The molecule has 1 aromatic heterocycles. The zero-order chi connectivity index (χ0) is 12.5. The third kappa shape index (κ3) is 2.93. The highest BCUT2D eigenvalue weighted by Crippen LogP contribution is 2.43. The van der Waals surface area contributed by atoms with Gasteiger partial charge >= 0.3 is 0 Å². The van der Waals surface area contributed by atoms with E-state index >= 15 is 0 Å². The molecule has 94 valence electrons. The van der Waals surface area contributed by atoms with Crippen LogP contribution in [0, 0.1) is 5.41 Å². The van der Waals surface area contributed by atoms with Crippen LogP contribution in [-0.2, 0) is 0 Å². The van der Waals surface area contributed by atoms with Gasteiger partial charge in [0.1, 0.15) is 0 Å². The molecule has 5 heteroatoms. The standard InChI is InChI=1S/C12H15Br2NOS/c1-2-12(4-3-5-12)7-15-11(16)9-6-8(13)10(14)17-9/h6H,2-5,7H2,1H3,(H,15,16). The van der Waals surface area contributed by atoms with E-state index in [2.05, 4.69) is 44.1 Å². The van der Waals surface area contributed by atoms with Crippen molar-refractivity contribution in [1.82, 2.24) is 5.32 Å². The van der Waals surface area contributed by atoms with Crippen LogP contribution in [0.1, 0.15) is 42.3 Å². The number of rotatable bonds is 4. The van der Waals surface area contributed by atoms with Crippen LogP contribution in [0.2, 0.25) is 0 Å². The van der Waals surface area contributed by atoms with Crippen molar-refractivity contribution in [2.24, 2.45) is 5.41 Å². The second-order valence-corrected chi connectivity index (χ2v) is 7.85. The maximum Gasteiger partial charge on any atom is 0.261 e. The molecule has 1 heterocycles. The van der Waals surface area contributed by atoms with Crippen molar-refractivity contribution in [2.45, 2.75) is 32.6 Å². The molecular formula is C12H15Br2NOS. The van der Waals surface area contributed by atoms with Gasteiger partial charge in [0, 0.05) is 11.0 Å². The van der Waals surface area contributed by atoms with Crippen molar-refractivity contribution in [3.8, 4) is 0 Å². The first-order valence-corrected chi connectivity index (χ1v) is 8.20. The molecule has 0 aromatic carbocycles. The summed E-state index contributed by atoms with van der Waals surface area (Å²) in [6.45, 7) is 3.03. The number of thiophene rings is 1. The highest BCUT2D eigenvalue weighted by Gasteiger charge is 2.35. The fraction of sp³-hybridized carbons (Fsp3) is 0.583. The number of hydrogen-bond acceptors (Lipinski definition) is 2. The van der Waals surface area contributed by atoms with Gasteiger partial charge in [0.2, 0.25) is 0 Å². The molecule has 1 aromatic rings. The van der Waals surface area contributed by atoms with Crippen molar-refractivity contribution in [3.05, 3.63) is 19.2 Å². The first kappa shape index (κ1) is 13.6. The molecule has 0 saturated heterocycles. The van der Waals surface area contributed by atoms with Gasteiger partial charge in [0.15, 0.2) is 0 Å². The normalized spacial score (nSPS) is 17.6. The summed E-state index contributed by atoms with van der Waals surface area (Å²) in [6.07, 6.45) is 4.97. The van der Waals surface area contributed by atoms with E-state index < -0.39 is 0 Å². The van der Waals surface area contributed by atoms with Gasteiger partial charge in [0.05, 0.1) is 8.66 Å². The third-order valence-corrected chi connectivity index (χ3v) is 6.91. The minimum atomic E-state index is 0.0427. The number of hydrogen-bond donors (Lipinski definition) is 1. The summed E-state index contributed by atoms with van der Waals surface area (Å²) in [5.41, 5.74) is 0.376. The van der Waals surface area contributed by atoms with Gasteiger partial charge in [-0.3, -0.25) is 4.79 Å². The third-order valence-electron chi connectivity index (χ3n) is 3.66. The van der Waals surface area contributed by atoms with Gasteiger partial charge in [-0.1, -0.05) is 13.3 Å². The maximum absolute atomic E-state index is 12.0. The van der Waals surface area contributed by atoms with Gasteiger partial charge in [-0.15, -0.1) is 11.3 Å². The lowest BCUT2D eigenvalue weighted by atomic mass is 9.67. The van der Waals surface area contributed by atoms with Gasteiger partial charge in [-0.05, 0) is 62.6 Å². The van der Waals surface area contributed by atoms with Gasteiger partial charge in [-0.2, -0.15) is 0 Å². The molecule has 0 spiro atoms. The second-order valence-electron chi connectivity index (χ2n) is 4.62. The van der Waals surface area contributed by atoms with Crippen LogP contribution in [-0.4, -0.2) is 12.5 Å². The summed E-state index contributed by atoms with van der Waals surface area (Å²) < 4.78 is 1.91. The van der Waals surface area contributed by atoms with E-state index in [1.54, 1.807) is 0 Å². The van der Waals surface area contributed by atoms with Crippen LogP contribution < -0.4 is 5.32 Å². The zero-order valence-corrected chi connectivity index (χ0v) is 13.7. The molecule has 2 nitrogen and oxygen atoms in total. The lowest BCUT2D eigenvalue weighted by Gasteiger charge is -2.41. The number of halogens is 2. The van der Waals surface area contributed by atoms with E-state index in [4.69, 9.17) is 0 Å². The molecule has 0 bridgehead atoms. The molecule has 0 atom stereocenters. The molecule has 1 N–H and O–H groups in total. The van der Waals surface area contributed by atoms with Crippen molar-refractivity contribution in [3.63, 3.8) is 0 Å². The maximum atomic E-state index is 12.0. The van der Waals surface area contributed by atoms with Gasteiger partial charge in [0.25, 0.3) is 5.91 Å². The van der Waals surface area contributed by atoms with Crippen LogP contribution in [0.4, 0.5) is 0 Å². The predicted molar refractivity (Wildman–Crippen MR) is 78.6 cm³/mol. The Labute approximate surface area is 122 Å². The lowest BCUT2D eigenvalue weighted by Crippen LogP contribution is -2.41. The average molecular weight is 381 g/mol. The van der Waals surface area contributed by atoms with Crippen LogP contribution in [0.3, 0.4) is 0 Å². The topological polar surface area (TPSA) is 29.1 Å². The highest BCUT2D eigenvalue weighted by molar-refractivity contribution is 9.13. The number of carbonyl (C=O) groups excluding carboxylic acids is 1. The zero-order valence-electron chi connectivity index (χ0n) is 9.69. The Morgan fingerprint density at radius 2 is 2.24 bits per heavy atom. The predicted octanol–water partition coefficient (Wildman–Crippen LogP) is 4.58. The van der Waals surface area contributed by atoms with E-state index in [1.165, 1.54) is 30.6 Å². The molecule has 0 aliphatic heterocycles. The summed E-state index contributed by atoms with van der Waals surface area (Å²) in [6, 6.07) is 1.86. The quantitative estimate of drug-likeness (QED) is 0.813. The van der Waals surface area contributed by atoms with Gasteiger partial charge < -0.3 is 5.32 Å². The molecule has 1 amide bonds. The summed E-state index contributed by atoms with van der Waals surface area (Å²) in [5.74, 6) is 0.0427. The summed E-state index contributed by atoms with van der Waals surface area (Å²) in [7, 11) is 0. The highest BCUT2D eigenvalue weighted by atomic mass is 79.9. The Hall–Kier alpha value is 0.130. The van der Waals surface area contributed by atoms with E-state index in [9.17, 15) is 4.79 Å². The van der Waals surface area contributed by atoms with Crippen molar-refractivity contribution >= 4 is 49.1 Å². The minimum Gasteiger partial charge on any atom is -0.351 e. The Kier molecular flexibility index (Phi) is 4.31. The second kappa shape index (κ2) is 5.41. The SMILES string of the molecule is CCC1(CNC(=O)c2cc(Br)c(Br)s2)CCC1. The summed E-state index contributed by atoms with van der Waals surface area (Å²) in [5, 5.41) is 3.06. The van der Waals surface area contributed by atoms with Crippen molar-refractivity contribution < 1.29 is 4.79 Å². The molecule has 0 unspecified atom stereocenters. The fourth-order valence-electron chi connectivity index (χ4n) is 2.15. The minimum absolute atomic E-state index is 0.0427. The summed E-state index contributed by atoms with van der Waals surface area (Å²) in [4.78, 5) is 12.7. The molecule has 1 fully saturated rings. The molecule has 2 rings (SSSR count). The number of amides is 1. The van der Waals surface area contributed by atoms with Crippen LogP contribution in [0.5, 0.6) is 0 Å². The van der Waals surface area contributed by atoms with Crippen LogP contribution in [0.15, 0.2) is 14.3 Å². The monoisotopic (exact) mass is 379 g/mol. The smallest absolute Gasteiger partial charge is 0.261 e. The number of carbonyl (C=O) groups is 1. The first-order valence-electron chi connectivity index (χ1n) is 5.79. The molecule has 1 aliphatic rings. The van der Waals surface area contributed by atoms with E-state index in [0.717, 1.165) is 26.1 Å². The molecule has 0 radical (unpaired) electrons. The summed E-state index contributed by atoms with van der Waals surface area (Å²) >= 11 is 8.27. The molecule has 17 heavy (non-hydrogen) atoms. The average Bonchev–Trinajstić information content (AvgIpc) is 2.58. The lowest BCUT2D eigenvalue weighted by molar-refractivity contribution is 0.0853. The molecule has 1 saturated carbocycles. The Morgan fingerprint density at radius 3 is 2.65 bits per heavy atom. The Balaban J connectivity index is 1.93. The van der Waals surface area contributed by atoms with E-state index in [1.807, 2.05) is 6.07 Å². The largest absolute Gasteiger partial charge is 0.351 e. The van der Waals surface area contributed by atoms with Crippen molar-refractivity contribution in [2.75, 3.05) is 6.54 Å². The first-order chi connectivity index (χ1) is 8.06.